The van der Waals surface area contributed by atoms with Gasteiger partial charge in [-0.3, -0.25) is 4.79 Å². The largest absolute Gasteiger partial charge is 0.322 e. The van der Waals surface area contributed by atoms with Crippen LogP contribution in [0.25, 0.3) is 0 Å². The first-order valence-corrected chi connectivity index (χ1v) is 6.02. The van der Waals surface area contributed by atoms with Gasteiger partial charge in [-0.05, 0) is 12.1 Å². The van der Waals surface area contributed by atoms with Crippen molar-refractivity contribution in [3.05, 3.63) is 23.2 Å². The zero-order chi connectivity index (χ0) is 10.8. The number of hydrogen-bond acceptors (Lipinski definition) is 3. The highest BCUT2D eigenvalue weighted by atomic mass is 35.5. The molecule has 0 atom stereocenters. The van der Waals surface area contributed by atoms with E-state index < -0.39 is 0 Å². The third-order valence-electron chi connectivity index (χ3n) is 2.27. The first kappa shape index (κ1) is 10.8. The van der Waals surface area contributed by atoms with E-state index in [1.165, 1.54) is 0 Å². The number of rotatable bonds is 1. The van der Waals surface area contributed by atoms with Crippen LogP contribution >= 0.6 is 23.4 Å². The Bertz CT molecular complexity index is 397. The van der Waals surface area contributed by atoms with Crippen molar-refractivity contribution in [3.63, 3.8) is 0 Å². The van der Waals surface area contributed by atoms with Gasteiger partial charge in [0.05, 0.1) is 17.3 Å². The SMILES string of the molecule is NCC(=O)N1CCSc2cccc(Cl)c21. The van der Waals surface area contributed by atoms with Gasteiger partial charge in [0.1, 0.15) is 0 Å². The van der Waals surface area contributed by atoms with Crippen LogP contribution in [0.5, 0.6) is 0 Å². The highest BCUT2D eigenvalue weighted by Crippen LogP contribution is 2.39. The molecule has 0 unspecified atom stereocenters. The van der Waals surface area contributed by atoms with E-state index in [2.05, 4.69) is 0 Å². The second-order valence-electron chi connectivity index (χ2n) is 3.18. The minimum Gasteiger partial charge on any atom is -0.322 e. The molecule has 1 aromatic carbocycles. The minimum atomic E-state index is -0.0790. The fourth-order valence-electron chi connectivity index (χ4n) is 1.59. The van der Waals surface area contributed by atoms with Gasteiger partial charge in [-0.2, -0.15) is 0 Å². The van der Waals surface area contributed by atoms with E-state index in [0.717, 1.165) is 16.3 Å². The van der Waals surface area contributed by atoms with Gasteiger partial charge in [0.2, 0.25) is 5.91 Å². The van der Waals surface area contributed by atoms with Crippen molar-refractivity contribution >= 4 is 35.0 Å². The van der Waals surface area contributed by atoms with Crippen LogP contribution in [0.3, 0.4) is 0 Å². The van der Waals surface area contributed by atoms with Crippen molar-refractivity contribution in [1.29, 1.82) is 0 Å². The topological polar surface area (TPSA) is 46.3 Å². The Balaban J connectivity index is 2.45. The van der Waals surface area contributed by atoms with Crippen LogP contribution < -0.4 is 10.6 Å². The summed E-state index contributed by atoms with van der Waals surface area (Å²) in [5.74, 6) is 0.809. The van der Waals surface area contributed by atoms with E-state index in [0.29, 0.717) is 11.6 Å². The zero-order valence-corrected chi connectivity index (χ0v) is 9.64. The standard InChI is InChI=1S/C10H11ClN2OS/c11-7-2-1-3-8-10(7)13(4-5-15-8)9(14)6-12/h1-3H,4-6,12H2. The maximum Gasteiger partial charge on any atom is 0.240 e. The molecule has 0 saturated carbocycles. The number of halogens is 1. The molecule has 1 aliphatic heterocycles. The summed E-state index contributed by atoms with van der Waals surface area (Å²) in [5.41, 5.74) is 6.18. The number of hydrogen-bond donors (Lipinski definition) is 1. The normalized spacial score (nSPS) is 14.9. The lowest BCUT2D eigenvalue weighted by Gasteiger charge is -2.29. The lowest BCUT2D eigenvalue weighted by molar-refractivity contribution is -0.117. The van der Waals surface area contributed by atoms with Crippen LogP contribution in [-0.2, 0) is 4.79 Å². The molecule has 1 aromatic rings. The summed E-state index contributed by atoms with van der Waals surface area (Å²) in [4.78, 5) is 14.3. The van der Waals surface area contributed by atoms with E-state index in [9.17, 15) is 4.79 Å². The fraction of sp³-hybridized carbons (Fsp3) is 0.300. The predicted molar refractivity (Wildman–Crippen MR) is 63.6 cm³/mol. The third kappa shape index (κ3) is 1.97. The van der Waals surface area contributed by atoms with Gasteiger partial charge in [-0.1, -0.05) is 17.7 Å². The van der Waals surface area contributed by atoms with Crippen LogP contribution in [0.4, 0.5) is 5.69 Å². The molecule has 15 heavy (non-hydrogen) atoms. The number of amides is 1. The minimum absolute atomic E-state index is 0.0231. The van der Waals surface area contributed by atoms with Crippen molar-refractivity contribution in [2.45, 2.75) is 4.90 Å². The maximum absolute atomic E-state index is 11.6. The average molecular weight is 243 g/mol. The number of carbonyl (C=O) groups excluding carboxylic acids is 1. The Hall–Kier alpha value is -0.710. The predicted octanol–water partition coefficient (Wildman–Crippen LogP) is 1.74. The Morgan fingerprint density at radius 2 is 2.40 bits per heavy atom. The number of nitrogens with zero attached hydrogens (tertiary/aromatic N) is 1. The molecule has 0 aromatic heterocycles. The monoisotopic (exact) mass is 242 g/mol. The maximum atomic E-state index is 11.6. The van der Waals surface area contributed by atoms with Gasteiger partial charge in [0, 0.05) is 17.2 Å². The Morgan fingerprint density at radius 3 is 3.13 bits per heavy atom. The fourth-order valence-corrected chi connectivity index (χ4v) is 2.95. The van der Waals surface area contributed by atoms with Crippen molar-refractivity contribution in [3.8, 4) is 0 Å². The number of anilines is 1. The molecule has 1 amide bonds. The third-order valence-corrected chi connectivity index (χ3v) is 3.60. The Morgan fingerprint density at radius 1 is 1.60 bits per heavy atom. The number of fused-ring (bicyclic) bond motifs is 1. The molecule has 0 spiro atoms. The van der Waals surface area contributed by atoms with Gasteiger partial charge in [0.25, 0.3) is 0 Å². The summed E-state index contributed by atoms with van der Waals surface area (Å²) in [5, 5.41) is 0.613. The van der Waals surface area contributed by atoms with Crippen molar-refractivity contribution in [1.82, 2.24) is 0 Å². The second kappa shape index (κ2) is 4.43. The summed E-state index contributed by atoms with van der Waals surface area (Å²) in [6.07, 6.45) is 0. The van der Waals surface area contributed by atoms with E-state index in [1.807, 2.05) is 12.1 Å². The molecule has 2 N–H and O–H groups in total. The van der Waals surface area contributed by atoms with E-state index in [4.69, 9.17) is 17.3 Å². The highest BCUT2D eigenvalue weighted by molar-refractivity contribution is 7.99. The molecule has 1 aliphatic rings. The summed E-state index contributed by atoms with van der Waals surface area (Å²) in [6, 6.07) is 5.66. The molecule has 2 rings (SSSR count). The van der Waals surface area contributed by atoms with Crippen molar-refractivity contribution in [2.24, 2.45) is 5.73 Å². The summed E-state index contributed by atoms with van der Waals surface area (Å²) < 4.78 is 0. The van der Waals surface area contributed by atoms with Crippen LogP contribution in [0, 0.1) is 0 Å². The molecule has 0 radical (unpaired) electrons. The molecule has 0 aliphatic carbocycles. The van der Waals surface area contributed by atoms with Gasteiger partial charge in [-0.25, -0.2) is 0 Å². The Labute approximate surface area is 97.6 Å². The van der Waals surface area contributed by atoms with E-state index in [1.54, 1.807) is 22.7 Å². The van der Waals surface area contributed by atoms with Crippen molar-refractivity contribution < 1.29 is 4.79 Å². The van der Waals surface area contributed by atoms with Gasteiger partial charge >= 0.3 is 0 Å². The summed E-state index contributed by atoms with van der Waals surface area (Å²) >= 11 is 7.81. The number of nitrogens with two attached hydrogens (primary N) is 1. The molecule has 80 valence electrons. The first-order chi connectivity index (χ1) is 7.24. The molecule has 0 fully saturated rings. The molecule has 3 nitrogen and oxygen atoms in total. The molecular formula is C10H11ClN2OS. The molecular weight excluding hydrogens is 232 g/mol. The van der Waals surface area contributed by atoms with Gasteiger partial charge in [-0.15, -0.1) is 11.8 Å². The number of benzene rings is 1. The number of thioether (sulfide) groups is 1. The van der Waals surface area contributed by atoms with Gasteiger partial charge in [0.15, 0.2) is 0 Å². The molecule has 0 bridgehead atoms. The second-order valence-corrected chi connectivity index (χ2v) is 4.73. The Kier molecular flexibility index (Phi) is 3.19. The van der Waals surface area contributed by atoms with E-state index in [-0.39, 0.29) is 12.5 Å². The van der Waals surface area contributed by atoms with E-state index >= 15 is 0 Å². The lowest BCUT2D eigenvalue weighted by Crippen LogP contribution is -2.39. The van der Waals surface area contributed by atoms with Crippen molar-refractivity contribution in [2.75, 3.05) is 23.7 Å². The van der Waals surface area contributed by atoms with Crippen LogP contribution in [0.2, 0.25) is 5.02 Å². The molecule has 1 heterocycles. The van der Waals surface area contributed by atoms with Gasteiger partial charge < -0.3 is 10.6 Å². The first-order valence-electron chi connectivity index (χ1n) is 4.66. The average Bonchev–Trinajstić information content (AvgIpc) is 2.28. The van der Waals surface area contributed by atoms with Crippen LogP contribution in [-0.4, -0.2) is 24.7 Å². The lowest BCUT2D eigenvalue weighted by atomic mass is 10.2. The van der Waals surface area contributed by atoms with Crippen LogP contribution in [0.15, 0.2) is 23.1 Å². The zero-order valence-electron chi connectivity index (χ0n) is 8.07. The summed E-state index contributed by atoms with van der Waals surface area (Å²) in [6.45, 7) is 0.701. The smallest absolute Gasteiger partial charge is 0.240 e. The molecule has 0 saturated heterocycles. The quantitative estimate of drug-likeness (QED) is 0.816. The van der Waals surface area contributed by atoms with Crippen LogP contribution in [0.1, 0.15) is 0 Å². The highest BCUT2D eigenvalue weighted by Gasteiger charge is 2.23. The summed E-state index contributed by atoms with van der Waals surface area (Å²) in [7, 11) is 0. The number of para-hydroxylation sites is 1. The molecule has 5 heteroatoms. The number of carbonyl (C=O) groups is 1.